The number of anilines is 1. The van der Waals surface area contributed by atoms with E-state index in [1.807, 2.05) is 38.1 Å². The van der Waals surface area contributed by atoms with E-state index in [1.165, 1.54) is 16.2 Å². The standard InChI is InChI=1S/C22H23N3O2S/c1-5-15-9-10-18(28-15)21(27)16-11-19(26)23-22-20(16)14(4)24-25(22)17-8-6-7-12(2)13(17)3/h6-10,16H,5,11H2,1-4H3,(H,23,26). The van der Waals surface area contributed by atoms with E-state index < -0.39 is 5.92 Å². The van der Waals surface area contributed by atoms with Crippen molar-refractivity contribution in [1.82, 2.24) is 9.78 Å². The zero-order valence-electron chi connectivity index (χ0n) is 16.5. The Morgan fingerprint density at radius 2 is 2.04 bits per heavy atom. The first-order valence-corrected chi connectivity index (χ1v) is 10.3. The van der Waals surface area contributed by atoms with Gasteiger partial charge in [-0.25, -0.2) is 4.68 Å². The van der Waals surface area contributed by atoms with Crippen molar-refractivity contribution < 1.29 is 9.59 Å². The highest BCUT2D eigenvalue weighted by Crippen LogP contribution is 2.39. The van der Waals surface area contributed by atoms with Crippen molar-refractivity contribution >= 4 is 28.8 Å². The number of benzene rings is 1. The number of thiophene rings is 1. The number of hydrogen-bond acceptors (Lipinski definition) is 4. The van der Waals surface area contributed by atoms with E-state index in [9.17, 15) is 9.59 Å². The molecule has 4 rings (SSSR count). The van der Waals surface area contributed by atoms with Crippen molar-refractivity contribution in [3.05, 3.63) is 62.5 Å². The van der Waals surface area contributed by atoms with Crippen LogP contribution >= 0.6 is 11.3 Å². The van der Waals surface area contributed by atoms with Crippen LogP contribution in [0.4, 0.5) is 5.82 Å². The minimum Gasteiger partial charge on any atom is -0.310 e. The van der Waals surface area contributed by atoms with E-state index in [4.69, 9.17) is 5.10 Å². The Hall–Kier alpha value is -2.73. The molecule has 0 saturated carbocycles. The number of carbonyl (C=O) groups excluding carboxylic acids is 2. The third-order valence-corrected chi connectivity index (χ3v) is 6.72. The summed E-state index contributed by atoms with van der Waals surface area (Å²) >= 11 is 1.52. The summed E-state index contributed by atoms with van der Waals surface area (Å²) in [4.78, 5) is 27.6. The van der Waals surface area contributed by atoms with Gasteiger partial charge in [0.15, 0.2) is 5.78 Å². The van der Waals surface area contributed by atoms with Gasteiger partial charge in [-0.3, -0.25) is 9.59 Å². The van der Waals surface area contributed by atoms with Crippen LogP contribution in [0.1, 0.15) is 56.2 Å². The SMILES string of the molecule is CCc1ccc(C(=O)C2CC(=O)Nc3c2c(C)nn3-c2cccc(C)c2C)s1. The van der Waals surface area contributed by atoms with Crippen molar-refractivity contribution in [2.75, 3.05) is 5.32 Å². The third-order valence-electron chi connectivity index (χ3n) is 5.48. The van der Waals surface area contributed by atoms with Gasteiger partial charge in [0, 0.05) is 16.9 Å². The largest absolute Gasteiger partial charge is 0.310 e. The smallest absolute Gasteiger partial charge is 0.226 e. The average Bonchev–Trinajstić information content (AvgIpc) is 3.28. The fourth-order valence-electron chi connectivity index (χ4n) is 3.78. The topological polar surface area (TPSA) is 64.0 Å². The highest BCUT2D eigenvalue weighted by atomic mass is 32.1. The van der Waals surface area contributed by atoms with Gasteiger partial charge in [0.1, 0.15) is 5.82 Å². The molecule has 0 bridgehead atoms. The van der Waals surface area contributed by atoms with E-state index in [2.05, 4.69) is 25.2 Å². The number of nitrogens with one attached hydrogen (secondary N) is 1. The van der Waals surface area contributed by atoms with Gasteiger partial charge >= 0.3 is 0 Å². The number of aromatic nitrogens is 2. The highest BCUT2D eigenvalue weighted by Gasteiger charge is 2.37. The minimum absolute atomic E-state index is 0.00409. The number of ketones is 1. The molecule has 6 heteroatoms. The maximum Gasteiger partial charge on any atom is 0.226 e. The van der Waals surface area contributed by atoms with Gasteiger partial charge in [-0.15, -0.1) is 11.3 Å². The second-order valence-corrected chi connectivity index (χ2v) is 8.44. The molecule has 0 spiro atoms. The predicted octanol–water partition coefficient (Wildman–Crippen LogP) is 4.73. The van der Waals surface area contributed by atoms with Crippen LogP contribution in [-0.2, 0) is 11.2 Å². The van der Waals surface area contributed by atoms with Crippen LogP contribution in [0.5, 0.6) is 0 Å². The molecule has 3 aromatic rings. The lowest BCUT2D eigenvalue weighted by Crippen LogP contribution is -2.28. The number of amides is 1. The molecule has 0 saturated heterocycles. The van der Waals surface area contributed by atoms with E-state index in [1.54, 1.807) is 4.68 Å². The summed E-state index contributed by atoms with van der Waals surface area (Å²) in [6.45, 7) is 8.07. The Kier molecular flexibility index (Phi) is 4.67. The summed E-state index contributed by atoms with van der Waals surface area (Å²) in [6.07, 6.45) is 1.06. The summed E-state index contributed by atoms with van der Waals surface area (Å²) in [5.41, 5.74) is 4.78. The zero-order valence-corrected chi connectivity index (χ0v) is 17.3. The molecular weight excluding hydrogens is 370 g/mol. The van der Waals surface area contributed by atoms with Crippen LogP contribution in [-0.4, -0.2) is 21.5 Å². The number of rotatable bonds is 4. The molecule has 28 heavy (non-hydrogen) atoms. The van der Waals surface area contributed by atoms with Gasteiger partial charge in [0.05, 0.1) is 22.2 Å². The molecule has 1 aliphatic rings. The van der Waals surface area contributed by atoms with Crippen molar-refractivity contribution in [2.45, 2.75) is 46.5 Å². The van der Waals surface area contributed by atoms with Crippen LogP contribution in [0.2, 0.25) is 0 Å². The Morgan fingerprint density at radius 1 is 1.25 bits per heavy atom. The molecule has 1 aromatic carbocycles. The molecule has 1 N–H and O–H groups in total. The van der Waals surface area contributed by atoms with E-state index in [0.29, 0.717) is 10.7 Å². The molecule has 144 valence electrons. The molecule has 1 unspecified atom stereocenters. The van der Waals surface area contributed by atoms with Crippen molar-refractivity contribution in [1.29, 1.82) is 0 Å². The normalized spacial score (nSPS) is 16.0. The Balaban J connectivity index is 1.83. The van der Waals surface area contributed by atoms with Crippen molar-refractivity contribution in [2.24, 2.45) is 0 Å². The number of aryl methyl sites for hydroxylation is 3. The van der Waals surface area contributed by atoms with Gasteiger partial charge in [-0.1, -0.05) is 19.1 Å². The highest BCUT2D eigenvalue weighted by molar-refractivity contribution is 7.14. The minimum atomic E-state index is -0.494. The van der Waals surface area contributed by atoms with Crippen LogP contribution in [0.3, 0.4) is 0 Å². The summed E-state index contributed by atoms with van der Waals surface area (Å²) in [6, 6.07) is 9.89. The quantitative estimate of drug-likeness (QED) is 0.652. The lowest BCUT2D eigenvalue weighted by molar-refractivity contribution is -0.116. The molecule has 1 aliphatic heterocycles. The molecule has 1 amide bonds. The molecule has 0 fully saturated rings. The van der Waals surface area contributed by atoms with Gasteiger partial charge in [-0.05, 0) is 56.5 Å². The number of carbonyl (C=O) groups is 2. The zero-order chi connectivity index (χ0) is 20.0. The van der Waals surface area contributed by atoms with E-state index >= 15 is 0 Å². The van der Waals surface area contributed by atoms with Gasteiger partial charge in [0.25, 0.3) is 0 Å². The van der Waals surface area contributed by atoms with Gasteiger partial charge in [-0.2, -0.15) is 5.10 Å². The van der Waals surface area contributed by atoms with Crippen LogP contribution in [0, 0.1) is 20.8 Å². The van der Waals surface area contributed by atoms with Crippen molar-refractivity contribution in [3.63, 3.8) is 0 Å². The Bertz CT molecular complexity index is 1090. The lowest BCUT2D eigenvalue weighted by atomic mass is 9.87. The maximum atomic E-state index is 13.2. The fraction of sp³-hybridized carbons (Fsp3) is 0.318. The fourth-order valence-corrected chi connectivity index (χ4v) is 4.72. The summed E-state index contributed by atoms with van der Waals surface area (Å²) in [7, 11) is 0. The van der Waals surface area contributed by atoms with E-state index in [0.717, 1.165) is 34.5 Å². The first-order chi connectivity index (χ1) is 13.4. The molecule has 0 aliphatic carbocycles. The molecule has 2 aromatic heterocycles. The third kappa shape index (κ3) is 2.98. The summed E-state index contributed by atoms with van der Waals surface area (Å²) in [5.74, 6) is -0.0203. The van der Waals surface area contributed by atoms with E-state index in [-0.39, 0.29) is 18.1 Å². The van der Waals surface area contributed by atoms with Crippen LogP contribution in [0.25, 0.3) is 5.69 Å². The maximum absolute atomic E-state index is 13.2. The van der Waals surface area contributed by atoms with Crippen molar-refractivity contribution in [3.8, 4) is 5.69 Å². The molecular formula is C22H23N3O2S. The second kappa shape index (κ2) is 7.02. The summed E-state index contributed by atoms with van der Waals surface area (Å²) < 4.78 is 1.77. The number of nitrogens with zero attached hydrogens (tertiary/aromatic N) is 2. The number of fused-ring (bicyclic) bond motifs is 1. The van der Waals surface area contributed by atoms with Gasteiger partial charge in [0.2, 0.25) is 5.91 Å². The molecule has 5 nitrogen and oxygen atoms in total. The summed E-state index contributed by atoms with van der Waals surface area (Å²) in [5, 5.41) is 7.66. The Morgan fingerprint density at radius 3 is 2.75 bits per heavy atom. The Labute approximate surface area is 168 Å². The lowest BCUT2D eigenvalue weighted by Gasteiger charge is -2.23. The molecule has 1 atom stereocenters. The first kappa shape index (κ1) is 18.6. The second-order valence-electron chi connectivity index (χ2n) is 7.27. The molecule has 3 heterocycles. The number of Topliss-reactive ketones (excluding diaryl/α,β-unsaturated/α-hetero) is 1. The van der Waals surface area contributed by atoms with Crippen LogP contribution in [0.15, 0.2) is 30.3 Å². The average molecular weight is 394 g/mol. The number of hydrogen-bond donors (Lipinski definition) is 1. The predicted molar refractivity (Wildman–Crippen MR) is 112 cm³/mol. The molecule has 0 radical (unpaired) electrons. The monoisotopic (exact) mass is 393 g/mol. The first-order valence-electron chi connectivity index (χ1n) is 9.49. The van der Waals surface area contributed by atoms with Crippen LogP contribution < -0.4 is 5.32 Å². The van der Waals surface area contributed by atoms with Gasteiger partial charge < -0.3 is 5.32 Å².